The van der Waals surface area contributed by atoms with Crippen LogP contribution in [0.2, 0.25) is 0 Å². The van der Waals surface area contributed by atoms with Gasteiger partial charge >= 0.3 is 13.8 Å². The maximum Gasteiger partial charge on any atom is 0.472 e. The van der Waals surface area contributed by atoms with Gasteiger partial charge in [-0.05, 0) is 83.5 Å². The molecule has 2 unspecified atom stereocenters. The van der Waals surface area contributed by atoms with Crippen LogP contribution in [0.25, 0.3) is 0 Å². The van der Waals surface area contributed by atoms with Gasteiger partial charge in [-0.1, -0.05) is 189 Å². The van der Waals surface area contributed by atoms with Crippen molar-refractivity contribution in [2.24, 2.45) is 5.73 Å². The Bertz CT molecular complexity index is 1150. The Morgan fingerprint density at radius 2 is 0.933 bits per heavy atom. The lowest BCUT2D eigenvalue weighted by molar-refractivity contribution is -0.154. The molecule has 0 saturated heterocycles. The van der Waals surface area contributed by atoms with Crippen LogP contribution in [0, 0.1) is 0 Å². The van der Waals surface area contributed by atoms with E-state index >= 15 is 0 Å². The number of phosphoric ester groups is 1. The quantitative estimate of drug-likeness (QED) is 0.0269. The summed E-state index contributed by atoms with van der Waals surface area (Å²) >= 11 is 0. The number of unbranched alkanes of at least 4 members (excludes halogenated alkanes) is 21. The molecule has 0 saturated carbocycles. The highest BCUT2D eigenvalue weighted by Gasteiger charge is 2.25. The van der Waals surface area contributed by atoms with Crippen LogP contribution in [0.4, 0.5) is 0 Å². The van der Waals surface area contributed by atoms with Crippen LogP contribution in [0.5, 0.6) is 0 Å². The van der Waals surface area contributed by atoms with Crippen molar-refractivity contribution in [1.29, 1.82) is 0 Å². The molecule has 0 bridgehead atoms. The lowest BCUT2D eigenvalue weighted by Crippen LogP contribution is -2.28. The molecule has 0 aromatic carbocycles. The van der Waals surface area contributed by atoms with Gasteiger partial charge in [-0.25, -0.2) is 4.57 Å². The Hall–Kier alpha value is -2.06. The highest BCUT2D eigenvalue weighted by Crippen LogP contribution is 2.43. The molecule has 0 radical (unpaired) electrons. The maximum atomic E-state index is 12.6. The normalized spacial score (nSPS) is 14.0. The lowest BCUT2D eigenvalue weighted by Gasteiger charge is -2.20. The number of carbonyl (C=O) groups excluding carboxylic acids is 1. The predicted octanol–water partition coefficient (Wildman–Crippen LogP) is 15.1. The second kappa shape index (κ2) is 48.0. The molecule has 0 heterocycles. The summed E-state index contributed by atoms with van der Waals surface area (Å²) in [7, 11) is -4.29. The zero-order valence-electron chi connectivity index (χ0n) is 38.7. The fraction of sp³-hybridized carbons (Fsp3) is 0.745. The van der Waals surface area contributed by atoms with Gasteiger partial charge in [0.05, 0.1) is 19.8 Å². The summed E-state index contributed by atoms with van der Waals surface area (Å²) in [5.74, 6) is -0.342. The van der Waals surface area contributed by atoms with Gasteiger partial charge in [-0.3, -0.25) is 13.8 Å². The van der Waals surface area contributed by atoms with Gasteiger partial charge in [0.15, 0.2) is 0 Å². The minimum atomic E-state index is -4.29. The summed E-state index contributed by atoms with van der Waals surface area (Å²) in [6.07, 6.45) is 60.7. The van der Waals surface area contributed by atoms with Gasteiger partial charge in [-0.2, -0.15) is 0 Å². The van der Waals surface area contributed by atoms with E-state index in [9.17, 15) is 14.3 Å². The number of allylic oxidation sites excluding steroid dienone is 12. The maximum absolute atomic E-state index is 12.6. The fourth-order valence-electron chi connectivity index (χ4n) is 6.55. The van der Waals surface area contributed by atoms with E-state index in [2.05, 4.69) is 86.8 Å². The molecule has 8 nitrogen and oxygen atoms in total. The molecule has 9 heteroatoms. The van der Waals surface area contributed by atoms with E-state index in [1.807, 2.05) is 0 Å². The van der Waals surface area contributed by atoms with Crippen LogP contribution in [-0.4, -0.2) is 49.9 Å². The van der Waals surface area contributed by atoms with Crippen LogP contribution >= 0.6 is 7.82 Å². The van der Waals surface area contributed by atoms with E-state index in [-0.39, 0.29) is 32.3 Å². The van der Waals surface area contributed by atoms with E-state index in [0.717, 1.165) is 77.0 Å². The van der Waals surface area contributed by atoms with Gasteiger partial charge in [0.25, 0.3) is 0 Å². The van der Waals surface area contributed by atoms with Crippen molar-refractivity contribution in [1.82, 2.24) is 0 Å². The standard InChI is InChI=1S/C51H92NO7P/c1-3-5-7-9-11-13-15-17-19-20-21-22-23-24-25-26-27-28-29-31-33-35-37-39-41-43-46-56-48-50(49-58-60(54,55)57-47-45-52)59-51(53)44-42-40-38-36-34-32-30-18-16-14-12-10-8-6-4-2/h5,7,11,13,17-19,21-22,24-25,30,50H,3-4,6,8-10,12,14-16,20,23,26-29,31-49,52H2,1-2H3,(H,54,55)/b7-5-,13-11-,19-17-,22-21-,25-24-,30-18-. The molecular formula is C51H92NO7P. The second-order valence-corrected chi connectivity index (χ2v) is 17.4. The molecule has 0 aromatic rings. The van der Waals surface area contributed by atoms with Gasteiger partial charge in [0.2, 0.25) is 0 Å². The van der Waals surface area contributed by atoms with Crippen LogP contribution in [0.1, 0.15) is 206 Å². The molecule has 0 aliphatic carbocycles. The van der Waals surface area contributed by atoms with Crippen molar-refractivity contribution >= 4 is 13.8 Å². The molecule has 0 fully saturated rings. The second-order valence-electron chi connectivity index (χ2n) is 15.9. The van der Waals surface area contributed by atoms with Crippen molar-refractivity contribution in [3.8, 4) is 0 Å². The molecule has 0 aromatic heterocycles. The fourth-order valence-corrected chi connectivity index (χ4v) is 7.31. The van der Waals surface area contributed by atoms with E-state index in [1.54, 1.807) is 0 Å². The largest absolute Gasteiger partial charge is 0.472 e. The van der Waals surface area contributed by atoms with Gasteiger partial charge in [0, 0.05) is 19.6 Å². The SMILES string of the molecule is CC/C=C\C/C=C\C/C=C\C/C=C\C/C=C\CCCCCCCCCCCCOCC(COP(=O)(O)OCCN)OC(=O)CCCCCCC/C=C\CCCCCCCC. The van der Waals surface area contributed by atoms with Crippen molar-refractivity contribution in [2.45, 2.75) is 213 Å². The Labute approximate surface area is 369 Å². The molecule has 0 aliphatic rings. The lowest BCUT2D eigenvalue weighted by atomic mass is 10.1. The average Bonchev–Trinajstić information content (AvgIpc) is 3.24. The summed E-state index contributed by atoms with van der Waals surface area (Å²) in [5, 5.41) is 0. The van der Waals surface area contributed by atoms with Crippen molar-refractivity contribution < 1.29 is 32.8 Å². The number of esters is 1. The number of rotatable bonds is 46. The first kappa shape index (κ1) is 57.9. The molecule has 3 N–H and O–H groups in total. The smallest absolute Gasteiger partial charge is 0.457 e. The third-order valence-electron chi connectivity index (χ3n) is 10.1. The van der Waals surface area contributed by atoms with Crippen LogP contribution in [0.15, 0.2) is 72.9 Å². The highest BCUT2D eigenvalue weighted by molar-refractivity contribution is 7.47. The molecule has 0 aliphatic heterocycles. The Morgan fingerprint density at radius 3 is 1.42 bits per heavy atom. The topological polar surface area (TPSA) is 117 Å². The van der Waals surface area contributed by atoms with Gasteiger partial charge in [-0.15, -0.1) is 0 Å². The molecule has 0 spiro atoms. The summed E-state index contributed by atoms with van der Waals surface area (Å²) in [4.78, 5) is 22.5. The predicted molar refractivity (Wildman–Crippen MR) is 256 cm³/mol. The minimum Gasteiger partial charge on any atom is -0.457 e. The van der Waals surface area contributed by atoms with Crippen molar-refractivity contribution in [2.75, 3.05) is 33.0 Å². The Balaban J connectivity index is 3.96. The number of phosphoric acid groups is 1. The van der Waals surface area contributed by atoms with E-state index in [1.165, 1.54) is 109 Å². The molecular weight excluding hydrogens is 770 g/mol. The first-order valence-corrected chi connectivity index (χ1v) is 25.9. The number of ether oxygens (including phenoxy) is 2. The van der Waals surface area contributed by atoms with Crippen molar-refractivity contribution in [3.05, 3.63) is 72.9 Å². The molecule has 0 rings (SSSR count). The number of hydrogen-bond donors (Lipinski definition) is 2. The first-order valence-electron chi connectivity index (χ1n) is 24.4. The summed E-state index contributed by atoms with van der Waals surface area (Å²) in [6, 6.07) is 0. The Kier molecular flexibility index (Phi) is 46.3. The molecule has 0 amide bonds. The average molecular weight is 862 g/mol. The summed E-state index contributed by atoms with van der Waals surface area (Å²) < 4.78 is 33.5. The Morgan fingerprint density at radius 1 is 0.517 bits per heavy atom. The number of carbonyl (C=O) groups is 1. The third-order valence-corrected chi connectivity index (χ3v) is 11.1. The summed E-state index contributed by atoms with van der Waals surface area (Å²) in [5.41, 5.74) is 5.38. The molecule has 2 atom stereocenters. The first-order chi connectivity index (χ1) is 29.4. The number of hydrogen-bond acceptors (Lipinski definition) is 7. The van der Waals surface area contributed by atoms with Crippen LogP contribution < -0.4 is 5.73 Å². The van der Waals surface area contributed by atoms with Gasteiger partial charge in [0.1, 0.15) is 6.10 Å². The van der Waals surface area contributed by atoms with Gasteiger partial charge < -0.3 is 20.1 Å². The molecule has 348 valence electrons. The van der Waals surface area contributed by atoms with Crippen molar-refractivity contribution in [3.63, 3.8) is 0 Å². The third kappa shape index (κ3) is 47.0. The van der Waals surface area contributed by atoms with E-state index in [4.69, 9.17) is 24.3 Å². The highest BCUT2D eigenvalue weighted by atomic mass is 31.2. The number of nitrogens with two attached hydrogens (primary N) is 1. The minimum absolute atomic E-state index is 0.0956. The van der Waals surface area contributed by atoms with Crippen LogP contribution in [0.3, 0.4) is 0 Å². The summed E-state index contributed by atoms with van der Waals surface area (Å²) in [6.45, 7) is 4.78. The molecule has 60 heavy (non-hydrogen) atoms. The van der Waals surface area contributed by atoms with Crippen LogP contribution in [-0.2, 0) is 27.9 Å². The van der Waals surface area contributed by atoms with E-state index in [0.29, 0.717) is 13.0 Å². The monoisotopic (exact) mass is 862 g/mol. The van der Waals surface area contributed by atoms with E-state index < -0.39 is 13.9 Å². The zero-order chi connectivity index (χ0) is 43.7. The zero-order valence-corrected chi connectivity index (χ0v) is 39.6.